The molecular formula is C44H43ClO8. The average molecular weight is 735 g/mol. The van der Waals surface area contributed by atoms with Gasteiger partial charge in [-0.15, -0.1) is 0 Å². The van der Waals surface area contributed by atoms with Crippen molar-refractivity contribution in [2.75, 3.05) is 20.3 Å². The minimum absolute atomic E-state index is 0.0809. The second kappa shape index (κ2) is 16.7. The van der Waals surface area contributed by atoms with Crippen LogP contribution in [-0.4, -0.2) is 49.7 Å². The maximum Gasteiger partial charge on any atom is 0.234 e. The minimum atomic E-state index is -2.40. The number of aldehydes is 1. The summed E-state index contributed by atoms with van der Waals surface area (Å²) < 4.78 is 38.3. The van der Waals surface area contributed by atoms with E-state index >= 15 is 0 Å². The van der Waals surface area contributed by atoms with Gasteiger partial charge in [0.2, 0.25) is 11.6 Å². The standard InChI is InChI=1S/C44H43ClO8/c1-48-44(37-18-19-39(45)36(25-37)24-34-17-20-40-35(23-34)21-22-50-40)42(52-28-33-15-9-4-10-16-33)41(51-27-32-13-7-3-8-14-32)38(43(47,30-46)53-44)29-49-26-31-11-5-2-6-12-31/h2-20,23,25,30,38,41-42,47H,21-22,24,26-29H2,1H3. The molecular weight excluding hydrogens is 692 g/mol. The largest absolute Gasteiger partial charge is 0.493 e. The van der Waals surface area contributed by atoms with Crippen molar-refractivity contribution < 1.29 is 38.3 Å². The Balaban J connectivity index is 1.29. The Labute approximate surface area is 315 Å². The molecule has 5 atom stereocenters. The number of methoxy groups -OCH3 is 1. The zero-order valence-electron chi connectivity index (χ0n) is 29.6. The number of aliphatic hydroxyl groups is 1. The summed E-state index contributed by atoms with van der Waals surface area (Å²) in [5, 5.41) is 12.8. The van der Waals surface area contributed by atoms with Gasteiger partial charge in [-0.2, -0.15) is 0 Å². The molecule has 9 heteroatoms. The third-order valence-electron chi connectivity index (χ3n) is 9.95. The monoisotopic (exact) mass is 734 g/mol. The van der Waals surface area contributed by atoms with Crippen LogP contribution >= 0.6 is 11.6 Å². The lowest BCUT2D eigenvalue weighted by Crippen LogP contribution is -2.69. The maximum atomic E-state index is 13.1. The van der Waals surface area contributed by atoms with Gasteiger partial charge in [0.1, 0.15) is 18.0 Å². The predicted octanol–water partition coefficient (Wildman–Crippen LogP) is 7.59. The van der Waals surface area contributed by atoms with Crippen molar-refractivity contribution in [3.05, 3.63) is 171 Å². The van der Waals surface area contributed by atoms with Crippen LogP contribution in [0.25, 0.3) is 0 Å². The molecule has 0 saturated carbocycles. The lowest BCUT2D eigenvalue weighted by atomic mass is 9.80. The number of carbonyl (C=O) groups excluding carboxylic acids is 1. The van der Waals surface area contributed by atoms with Crippen LogP contribution in [0.5, 0.6) is 5.75 Å². The van der Waals surface area contributed by atoms with Crippen LogP contribution in [0.2, 0.25) is 5.02 Å². The summed E-state index contributed by atoms with van der Waals surface area (Å²) in [6, 6.07) is 40.7. The first-order chi connectivity index (χ1) is 25.9. The summed E-state index contributed by atoms with van der Waals surface area (Å²) in [6.45, 7) is 1.16. The lowest BCUT2D eigenvalue weighted by molar-refractivity contribution is -0.428. The van der Waals surface area contributed by atoms with Crippen molar-refractivity contribution in [2.45, 2.75) is 56.4 Å². The van der Waals surface area contributed by atoms with E-state index in [1.165, 1.54) is 7.11 Å². The summed E-state index contributed by atoms with van der Waals surface area (Å²) in [6.07, 6.45) is -0.213. The molecule has 5 aromatic rings. The third-order valence-corrected chi connectivity index (χ3v) is 10.3. The number of benzene rings is 5. The molecule has 1 saturated heterocycles. The minimum Gasteiger partial charge on any atom is -0.493 e. The van der Waals surface area contributed by atoms with Gasteiger partial charge in [-0.25, -0.2) is 0 Å². The predicted molar refractivity (Wildman–Crippen MR) is 200 cm³/mol. The molecule has 53 heavy (non-hydrogen) atoms. The summed E-state index contributed by atoms with van der Waals surface area (Å²) in [5.74, 6) is -4.34. The van der Waals surface area contributed by atoms with Crippen LogP contribution in [0.3, 0.4) is 0 Å². The molecule has 1 fully saturated rings. The molecule has 0 aliphatic carbocycles. The highest BCUT2D eigenvalue weighted by Gasteiger charge is 2.64. The Kier molecular flexibility index (Phi) is 11.7. The normalized spacial score (nSPS) is 23.6. The fourth-order valence-electron chi connectivity index (χ4n) is 7.17. The molecule has 1 N–H and O–H groups in total. The number of rotatable bonds is 15. The van der Waals surface area contributed by atoms with Crippen LogP contribution in [0.1, 0.15) is 38.9 Å². The quantitative estimate of drug-likeness (QED) is 0.110. The zero-order valence-corrected chi connectivity index (χ0v) is 30.3. The Hall–Kier alpha value is -4.38. The van der Waals surface area contributed by atoms with Gasteiger partial charge in [0.25, 0.3) is 0 Å². The van der Waals surface area contributed by atoms with Gasteiger partial charge in [-0.1, -0.05) is 121 Å². The van der Waals surface area contributed by atoms with Gasteiger partial charge in [0.15, 0.2) is 6.29 Å². The van der Waals surface area contributed by atoms with Gasteiger partial charge in [-0.3, -0.25) is 4.79 Å². The van der Waals surface area contributed by atoms with Gasteiger partial charge in [0, 0.05) is 24.1 Å². The number of fused-ring (bicyclic) bond motifs is 1. The number of carbonyl (C=O) groups is 1. The lowest BCUT2D eigenvalue weighted by Gasteiger charge is -2.54. The topological polar surface area (TPSA) is 92.7 Å². The molecule has 2 aliphatic rings. The van der Waals surface area contributed by atoms with Crippen LogP contribution < -0.4 is 4.74 Å². The van der Waals surface area contributed by atoms with E-state index in [1.807, 2.05) is 109 Å². The van der Waals surface area contributed by atoms with Crippen molar-refractivity contribution in [1.29, 1.82) is 0 Å². The Morgan fingerprint density at radius 3 is 2.08 bits per heavy atom. The van der Waals surface area contributed by atoms with Crippen LogP contribution in [0.4, 0.5) is 0 Å². The molecule has 0 amide bonds. The highest BCUT2D eigenvalue weighted by molar-refractivity contribution is 6.31. The summed E-state index contributed by atoms with van der Waals surface area (Å²) >= 11 is 6.84. The SMILES string of the molecule is COC1(c2ccc(Cl)c(Cc3ccc4c(c3)CCO4)c2)OC(O)(C=O)C(COCc2ccccc2)C(OCc2ccccc2)C1OCc1ccccc1. The van der Waals surface area contributed by atoms with Crippen molar-refractivity contribution in [3.8, 4) is 5.75 Å². The van der Waals surface area contributed by atoms with Crippen molar-refractivity contribution >= 4 is 17.9 Å². The van der Waals surface area contributed by atoms with Gasteiger partial charge in [0.05, 0.1) is 39.0 Å². The van der Waals surface area contributed by atoms with E-state index in [2.05, 4.69) is 6.07 Å². The van der Waals surface area contributed by atoms with E-state index in [9.17, 15) is 9.90 Å². The Bertz CT molecular complexity index is 1960. The zero-order chi connectivity index (χ0) is 36.7. The molecule has 2 aliphatic heterocycles. The fraction of sp³-hybridized carbons (Fsp3) is 0.295. The number of hydrogen-bond donors (Lipinski definition) is 1. The Morgan fingerprint density at radius 2 is 1.43 bits per heavy atom. The first-order valence-corrected chi connectivity index (χ1v) is 18.2. The van der Waals surface area contributed by atoms with Crippen molar-refractivity contribution in [3.63, 3.8) is 0 Å². The summed E-state index contributed by atoms with van der Waals surface area (Å²) in [4.78, 5) is 13.1. The number of ether oxygens (including phenoxy) is 6. The number of halogens is 1. The molecule has 7 rings (SSSR count). The van der Waals surface area contributed by atoms with E-state index in [1.54, 1.807) is 12.1 Å². The molecule has 8 nitrogen and oxygen atoms in total. The molecule has 0 bridgehead atoms. The molecule has 5 aromatic carbocycles. The van der Waals surface area contributed by atoms with Crippen LogP contribution in [0.15, 0.2) is 127 Å². The maximum absolute atomic E-state index is 13.1. The van der Waals surface area contributed by atoms with Gasteiger partial charge >= 0.3 is 0 Å². The van der Waals surface area contributed by atoms with E-state index < -0.39 is 29.7 Å². The average Bonchev–Trinajstić information content (AvgIpc) is 3.67. The van der Waals surface area contributed by atoms with Crippen molar-refractivity contribution in [2.24, 2.45) is 5.92 Å². The number of hydrogen-bond acceptors (Lipinski definition) is 8. The van der Waals surface area contributed by atoms with E-state index in [4.69, 9.17) is 40.0 Å². The van der Waals surface area contributed by atoms with Crippen LogP contribution in [0, 0.1) is 5.92 Å². The second-order valence-electron chi connectivity index (χ2n) is 13.5. The van der Waals surface area contributed by atoms with E-state index in [0.717, 1.165) is 45.6 Å². The fourth-order valence-corrected chi connectivity index (χ4v) is 7.36. The highest BCUT2D eigenvalue weighted by Crippen LogP contribution is 2.48. The summed E-state index contributed by atoms with van der Waals surface area (Å²) in [5.41, 5.74) is 6.26. The second-order valence-corrected chi connectivity index (χ2v) is 13.9. The molecule has 2 heterocycles. The van der Waals surface area contributed by atoms with E-state index in [0.29, 0.717) is 29.9 Å². The molecule has 0 spiro atoms. The third kappa shape index (κ3) is 8.25. The molecule has 0 aromatic heterocycles. The van der Waals surface area contributed by atoms with Gasteiger partial charge in [-0.05, 0) is 58.0 Å². The first-order valence-electron chi connectivity index (χ1n) is 17.8. The molecule has 274 valence electrons. The van der Waals surface area contributed by atoms with E-state index in [-0.39, 0.29) is 26.4 Å². The van der Waals surface area contributed by atoms with Gasteiger partial charge < -0.3 is 33.5 Å². The van der Waals surface area contributed by atoms with Crippen LogP contribution in [-0.2, 0) is 66.9 Å². The molecule has 0 radical (unpaired) electrons. The first kappa shape index (κ1) is 37.0. The van der Waals surface area contributed by atoms with Crippen molar-refractivity contribution in [1.82, 2.24) is 0 Å². The smallest absolute Gasteiger partial charge is 0.234 e. The highest BCUT2D eigenvalue weighted by atomic mass is 35.5. The molecule has 5 unspecified atom stereocenters. The Morgan fingerprint density at radius 1 is 0.792 bits per heavy atom. The summed E-state index contributed by atoms with van der Waals surface area (Å²) in [7, 11) is 1.47.